The Morgan fingerprint density at radius 2 is 2.24 bits per heavy atom. The first-order valence-electron chi connectivity index (χ1n) is 6.64. The van der Waals surface area contributed by atoms with E-state index in [1.54, 1.807) is 17.4 Å². The molecule has 0 aliphatic heterocycles. The van der Waals surface area contributed by atoms with Gasteiger partial charge in [0.1, 0.15) is 17.2 Å². The lowest BCUT2D eigenvalue weighted by Crippen LogP contribution is -2.29. The zero-order chi connectivity index (χ0) is 15.0. The van der Waals surface area contributed by atoms with Gasteiger partial charge in [0, 0.05) is 28.4 Å². The van der Waals surface area contributed by atoms with Crippen molar-refractivity contribution in [1.29, 1.82) is 0 Å². The van der Waals surface area contributed by atoms with E-state index in [1.165, 1.54) is 12.1 Å². The molecule has 3 aromatic rings. The topological polar surface area (TPSA) is 64.1 Å². The van der Waals surface area contributed by atoms with Crippen molar-refractivity contribution < 1.29 is 8.81 Å². The van der Waals surface area contributed by atoms with Crippen LogP contribution in [-0.2, 0) is 6.42 Å². The highest BCUT2D eigenvalue weighted by Gasteiger charge is 2.21. The lowest BCUT2D eigenvalue weighted by Gasteiger charge is -2.12. The maximum absolute atomic E-state index is 13.4. The van der Waals surface area contributed by atoms with Crippen molar-refractivity contribution in [3.05, 3.63) is 51.4 Å². The van der Waals surface area contributed by atoms with Gasteiger partial charge in [-0.3, -0.25) is 5.84 Å². The summed E-state index contributed by atoms with van der Waals surface area (Å²) in [4.78, 5) is 4.44. The molecule has 2 heterocycles. The Morgan fingerprint density at radius 3 is 2.90 bits per heavy atom. The predicted molar refractivity (Wildman–Crippen MR) is 81.5 cm³/mol. The van der Waals surface area contributed by atoms with Crippen LogP contribution in [0.3, 0.4) is 0 Å². The Kier molecular flexibility index (Phi) is 3.75. The van der Waals surface area contributed by atoms with Crippen molar-refractivity contribution in [2.75, 3.05) is 0 Å². The maximum atomic E-state index is 13.4. The second-order valence-electron chi connectivity index (χ2n) is 5.04. The Hall–Kier alpha value is -1.76. The minimum absolute atomic E-state index is 0.189. The van der Waals surface area contributed by atoms with E-state index in [0.29, 0.717) is 12.0 Å². The molecule has 0 amide bonds. The summed E-state index contributed by atoms with van der Waals surface area (Å²) in [5.74, 6) is 6.13. The first-order valence-corrected chi connectivity index (χ1v) is 7.52. The third kappa shape index (κ3) is 2.70. The highest BCUT2D eigenvalue weighted by molar-refractivity contribution is 7.09. The number of thiazole rings is 1. The van der Waals surface area contributed by atoms with E-state index < -0.39 is 0 Å². The molecule has 0 saturated heterocycles. The number of furan rings is 1. The van der Waals surface area contributed by atoms with Crippen LogP contribution in [0.1, 0.15) is 28.1 Å². The van der Waals surface area contributed by atoms with Crippen LogP contribution in [0.5, 0.6) is 0 Å². The van der Waals surface area contributed by atoms with E-state index in [2.05, 4.69) is 10.4 Å². The van der Waals surface area contributed by atoms with Crippen LogP contribution in [0.15, 0.2) is 28.0 Å². The molecule has 0 spiro atoms. The summed E-state index contributed by atoms with van der Waals surface area (Å²) in [7, 11) is 0. The average Bonchev–Trinajstić information content (AvgIpc) is 3.01. The zero-order valence-corrected chi connectivity index (χ0v) is 12.6. The number of hydrogen-bond donors (Lipinski definition) is 2. The van der Waals surface area contributed by atoms with Crippen molar-refractivity contribution in [2.45, 2.75) is 26.3 Å². The van der Waals surface area contributed by atoms with E-state index in [0.717, 1.165) is 27.4 Å². The fraction of sp³-hybridized carbons (Fsp3) is 0.267. The summed E-state index contributed by atoms with van der Waals surface area (Å²) in [6, 6.07) is 4.33. The number of fused-ring (bicyclic) bond motifs is 1. The largest absolute Gasteiger partial charge is 0.459 e. The molecule has 0 aliphatic carbocycles. The highest BCUT2D eigenvalue weighted by atomic mass is 32.1. The van der Waals surface area contributed by atoms with Gasteiger partial charge in [-0.1, -0.05) is 0 Å². The van der Waals surface area contributed by atoms with Gasteiger partial charge in [0.2, 0.25) is 0 Å². The maximum Gasteiger partial charge on any atom is 0.134 e. The fourth-order valence-corrected chi connectivity index (χ4v) is 3.26. The van der Waals surface area contributed by atoms with Crippen molar-refractivity contribution >= 4 is 22.3 Å². The first-order chi connectivity index (χ1) is 10.1. The van der Waals surface area contributed by atoms with Crippen LogP contribution in [-0.4, -0.2) is 4.98 Å². The molecule has 0 aliphatic rings. The molecule has 3 rings (SSSR count). The number of nitrogens with one attached hydrogen (secondary N) is 1. The third-order valence-electron chi connectivity index (χ3n) is 3.50. The van der Waals surface area contributed by atoms with Crippen LogP contribution in [0.25, 0.3) is 11.0 Å². The molecular formula is C15H16FN3OS. The molecule has 0 fully saturated rings. The lowest BCUT2D eigenvalue weighted by atomic mass is 10.1. The zero-order valence-electron chi connectivity index (χ0n) is 11.8. The van der Waals surface area contributed by atoms with Crippen LogP contribution in [0.2, 0.25) is 0 Å². The SMILES string of the molecule is Cc1csc(CC(NN)c2oc3ccc(F)cc3c2C)n1. The quantitative estimate of drug-likeness (QED) is 0.573. The van der Waals surface area contributed by atoms with E-state index in [4.69, 9.17) is 10.3 Å². The summed E-state index contributed by atoms with van der Waals surface area (Å²) in [6.07, 6.45) is 0.637. The molecule has 0 bridgehead atoms. The van der Waals surface area contributed by atoms with Gasteiger partial charge in [0.05, 0.1) is 11.0 Å². The molecule has 6 heteroatoms. The number of hydrogen-bond acceptors (Lipinski definition) is 5. The summed E-state index contributed by atoms with van der Waals surface area (Å²) in [5, 5.41) is 3.77. The molecule has 4 nitrogen and oxygen atoms in total. The molecule has 3 N–H and O–H groups in total. The molecule has 1 atom stereocenters. The Balaban J connectivity index is 1.98. The van der Waals surface area contributed by atoms with E-state index in [1.807, 2.05) is 19.2 Å². The summed E-state index contributed by atoms with van der Waals surface area (Å²) in [5.41, 5.74) is 5.34. The number of nitrogens with two attached hydrogens (primary N) is 1. The highest BCUT2D eigenvalue weighted by Crippen LogP contribution is 2.31. The van der Waals surface area contributed by atoms with Gasteiger partial charge in [-0.15, -0.1) is 11.3 Å². The van der Waals surface area contributed by atoms with E-state index in [9.17, 15) is 4.39 Å². The van der Waals surface area contributed by atoms with Crippen molar-refractivity contribution in [2.24, 2.45) is 5.84 Å². The summed E-state index contributed by atoms with van der Waals surface area (Å²) in [6.45, 7) is 3.87. The molecular weight excluding hydrogens is 289 g/mol. The molecule has 110 valence electrons. The predicted octanol–water partition coefficient (Wildman–Crippen LogP) is 3.39. The molecule has 1 aromatic carbocycles. The van der Waals surface area contributed by atoms with E-state index >= 15 is 0 Å². The number of halogens is 1. The monoisotopic (exact) mass is 305 g/mol. The van der Waals surface area contributed by atoms with Gasteiger partial charge in [0.25, 0.3) is 0 Å². The van der Waals surface area contributed by atoms with Crippen LogP contribution >= 0.6 is 11.3 Å². The van der Waals surface area contributed by atoms with Crippen molar-refractivity contribution in [3.8, 4) is 0 Å². The van der Waals surface area contributed by atoms with Crippen LogP contribution < -0.4 is 11.3 Å². The Morgan fingerprint density at radius 1 is 1.43 bits per heavy atom. The van der Waals surface area contributed by atoms with Crippen molar-refractivity contribution in [1.82, 2.24) is 10.4 Å². The van der Waals surface area contributed by atoms with Crippen LogP contribution in [0, 0.1) is 19.7 Å². The molecule has 2 aromatic heterocycles. The summed E-state index contributed by atoms with van der Waals surface area (Å²) < 4.78 is 19.2. The van der Waals surface area contributed by atoms with E-state index in [-0.39, 0.29) is 11.9 Å². The molecule has 0 saturated carbocycles. The first kappa shape index (κ1) is 14.2. The Labute approximate surface area is 125 Å². The van der Waals surface area contributed by atoms with Gasteiger partial charge in [0.15, 0.2) is 0 Å². The van der Waals surface area contributed by atoms with Gasteiger partial charge in [-0.05, 0) is 32.0 Å². The normalized spacial score (nSPS) is 13.0. The molecule has 0 radical (unpaired) electrons. The number of aryl methyl sites for hydroxylation is 2. The van der Waals surface area contributed by atoms with Gasteiger partial charge in [-0.2, -0.15) is 0 Å². The summed E-state index contributed by atoms with van der Waals surface area (Å²) >= 11 is 1.59. The van der Waals surface area contributed by atoms with Gasteiger partial charge in [-0.25, -0.2) is 14.8 Å². The van der Waals surface area contributed by atoms with Gasteiger partial charge < -0.3 is 4.42 Å². The minimum Gasteiger partial charge on any atom is -0.459 e. The number of nitrogens with zero attached hydrogens (tertiary/aromatic N) is 1. The van der Waals surface area contributed by atoms with Gasteiger partial charge >= 0.3 is 0 Å². The average molecular weight is 305 g/mol. The third-order valence-corrected chi connectivity index (χ3v) is 4.49. The Bertz CT molecular complexity index is 780. The second kappa shape index (κ2) is 5.55. The number of rotatable bonds is 4. The smallest absolute Gasteiger partial charge is 0.134 e. The number of benzene rings is 1. The number of hydrazine groups is 1. The standard InChI is InChI=1S/C15H16FN3OS/c1-8-7-21-14(18-8)6-12(19-17)15-9(2)11-5-10(16)3-4-13(11)20-15/h3-5,7,12,19H,6,17H2,1-2H3. The second-order valence-corrected chi connectivity index (χ2v) is 5.98. The molecule has 21 heavy (non-hydrogen) atoms. The lowest BCUT2D eigenvalue weighted by molar-refractivity contribution is 0.431. The minimum atomic E-state index is -0.272. The number of aromatic nitrogens is 1. The fourth-order valence-electron chi connectivity index (χ4n) is 2.44. The van der Waals surface area contributed by atoms with Crippen LogP contribution in [0.4, 0.5) is 4.39 Å². The molecule has 1 unspecified atom stereocenters. The van der Waals surface area contributed by atoms with Crippen molar-refractivity contribution in [3.63, 3.8) is 0 Å².